The molecule has 3 N–H and O–H groups in total. The third kappa shape index (κ3) is 5.17. The summed E-state index contributed by atoms with van der Waals surface area (Å²) in [4.78, 5) is 11.7. The van der Waals surface area contributed by atoms with Gasteiger partial charge in [-0.25, -0.2) is 0 Å². The van der Waals surface area contributed by atoms with Crippen LogP contribution in [0.1, 0.15) is 41.2 Å². The summed E-state index contributed by atoms with van der Waals surface area (Å²) < 4.78 is 0. The lowest BCUT2D eigenvalue weighted by atomic mass is 10.2. The first kappa shape index (κ1) is 18.2. The van der Waals surface area contributed by atoms with E-state index >= 15 is 0 Å². The number of rotatable bonds is 4. The maximum atomic E-state index is 11.7. The number of aromatic amines is 1. The number of aliphatic hydroxyl groups excluding tert-OH is 1. The molecule has 1 fully saturated rings. The van der Waals surface area contributed by atoms with Crippen LogP contribution in [0.15, 0.2) is 36.5 Å². The van der Waals surface area contributed by atoms with Crippen LogP contribution in [0.3, 0.4) is 0 Å². The van der Waals surface area contributed by atoms with E-state index in [2.05, 4.69) is 30.9 Å². The number of benzene rings is 1. The van der Waals surface area contributed by atoms with Gasteiger partial charge in [0.1, 0.15) is 10.0 Å². The number of nitrogens with one attached hydrogen (secondary N) is 2. The zero-order valence-corrected chi connectivity index (χ0v) is 14.9. The molecule has 8 nitrogen and oxygen atoms in total. The fraction of sp³-hybridized carbons (Fsp3) is 0.353. The highest BCUT2D eigenvalue weighted by atomic mass is 32.1. The topological polar surface area (TPSA) is 117 Å². The van der Waals surface area contributed by atoms with E-state index in [0.29, 0.717) is 6.54 Å². The average molecular weight is 372 g/mol. The van der Waals surface area contributed by atoms with Crippen LogP contribution in [0.5, 0.6) is 0 Å². The first-order chi connectivity index (χ1) is 12.7. The Kier molecular flexibility index (Phi) is 6.39. The minimum atomic E-state index is -0.296. The number of carbonyl (C=O) groups is 1. The maximum absolute atomic E-state index is 11.7. The number of aromatic nitrogens is 5. The van der Waals surface area contributed by atoms with Gasteiger partial charge in [0.05, 0.1) is 18.8 Å². The number of aliphatic hydroxyl groups is 1. The molecule has 1 saturated carbocycles. The number of hydrogen-bond acceptors (Lipinski definition) is 7. The van der Waals surface area contributed by atoms with E-state index in [0.717, 1.165) is 28.4 Å². The zero-order chi connectivity index (χ0) is 18.2. The molecule has 26 heavy (non-hydrogen) atoms. The Balaban J connectivity index is 0.000000278. The molecule has 0 atom stereocenters. The van der Waals surface area contributed by atoms with Crippen molar-refractivity contribution in [1.29, 1.82) is 0 Å². The molecule has 1 aliphatic carbocycles. The summed E-state index contributed by atoms with van der Waals surface area (Å²) in [7, 11) is 0. The predicted molar refractivity (Wildman–Crippen MR) is 97.4 cm³/mol. The van der Waals surface area contributed by atoms with Gasteiger partial charge >= 0.3 is 0 Å². The molecule has 0 spiro atoms. The molecule has 1 amide bonds. The summed E-state index contributed by atoms with van der Waals surface area (Å²) in [5.41, 5.74) is 1.26. The van der Waals surface area contributed by atoms with Gasteiger partial charge in [-0.2, -0.15) is 15.4 Å². The number of nitrogens with zero attached hydrogens (tertiary/aromatic N) is 4. The molecule has 0 saturated heterocycles. The lowest BCUT2D eigenvalue weighted by Gasteiger charge is -1.97. The van der Waals surface area contributed by atoms with E-state index in [-0.39, 0.29) is 17.7 Å². The van der Waals surface area contributed by atoms with Crippen LogP contribution in [0, 0.1) is 0 Å². The summed E-state index contributed by atoms with van der Waals surface area (Å²) >= 11 is 1.44. The second-order valence-electron chi connectivity index (χ2n) is 5.84. The molecule has 0 aliphatic heterocycles. The molecule has 0 bridgehead atoms. The van der Waals surface area contributed by atoms with Crippen LogP contribution < -0.4 is 5.32 Å². The first-order valence-electron chi connectivity index (χ1n) is 8.42. The van der Waals surface area contributed by atoms with Crippen LogP contribution in [-0.2, 0) is 6.54 Å². The molecule has 0 radical (unpaired) electrons. The Morgan fingerprint density at radius 1 is 1.23 bits per heavy atom. The second-order valence-corrected chi connectivity index (χ2v) is 6.91. The maximum Gasteiger partial charge on any atom is 0.273 e. The first-order valence-corrected chi connectivity index (χ1v) is 9.24. The largest absolute Gasteiger partial charge is 0.393 e. The van der Waals surface area contributed by atoms with Crippen molar-refractivity contribution in [3.05, 3.63) is 47.2 Å². The van der Waals surface area contributed by atoms with Gasteiger partial charge in [-0.1, -0.05) is 54.5 Å². The summed E-state index contributed by atoms with van der Waals surface area (Å²) in [6.45, 7) is 0.316. The van der Waals surface area contributed by atoms with Gasteiger partial charge in [0.25, 0.3) is 5.91 Å². The van der Waals surface area contributed by atoms with E-state index in [1.54, 1.807) is 0 Å². The molecular weight excluding hydrogens is 352 g/mol. The minimum absolute atomic E-state index is 0.0463. The monoisotopic (exact) mass is 372 g/mol. The van der Waals surface area contributed by atoms with Gasteiger partial charge in [0, 0.05) is 5.56 Å². The second kappa shape index (κ2) is 9.16. The van der Waals surface area contributed by atoms with Crippen molar-refractivity contribution in [2.75, 3.05) is 0 Å². The lowest BCUT2D eigenvalue weighted by Crippen LogP contribution is -2.23. The summed E-state index contributed by atoms with van der Waals surface area (Å²) in [5.74, 6) is -0.296. The Morgan fingerprint density at radius 2 is 2.00 bits per heavy atom. The highest BCUT2D eigenvalue weighted by molar-refractivity contribution is 7.14. The Hall–Kier alpha value is -2.65. The molecule has 9 heteroatoms. The van der Waals surface area contributed by atoms with E-state index < -0.39 is 0 Å². The standard InChI is InChI=1S/C12H10N6OS.C5H10O/c19-11(9-6-14-18-15-9)13-7-10-16-17-12(20-10)8-4-2-1-3-5-8;6-5-3-1-2-4-5/h1-6H,7H2,(H,13,19)(H,14,15,18);5-6H,1-4H2. The normalized spacial score (nSPS) is 13.9. The summed E-state index contributed by atoms with van der Waals surface area (Å²) in [5, 5.41) is 30.8. The Bertz CT molecular complexity index is 800. The molecule has 2 heterocycles. The van der Waals surface area contributed by atoms with Crippen molar-refractivity contribution < 1.29 is 9.90 Å². The highest BCUT2D eigenvalue weighted by Crippen LogP contribution is 2.22. The van der Waals surface area contributed by atoms with Crippen molar-refractivity contribution in [2.24, 2.45) is 0 Å². The van der Waals surface area contributed by atoms with E-state index in [9.17, 15) is 4.79 Å². The van der Waals surface area contributed by atoms with Crippen molar-refractivity contribution in [1.82, 2.24) is 30.9 Å². The third-order valence-corrected chi connectivity index (χ3v) is 4.83. The SMILES string of the molecule is O=C(NCc1nnc(-c2ccccc2)s1)c1cn[nH]n1.OC1CCCC1. The van der Waals surface area contributed by atoms with E-state index in [1.165, 1.54) is 30.4 Å². The fourth-order valence-electron chi connectivity index (χ4n) is 2.48. The predicted octanol–water partition coefficient (Wildman–Crippen LogP) is 2.17. The Labute approximate surface area is 154 Å². The number of carbonyl (C=O) groups excluding carboxylic acids is 1. The third-order valence-electron chi connectivity index (χ3n) is 3.86. The molecule has 3 aromatic rings. The smallest absolute Gasteiger partial charge is 0.273 e. The Morgan fingerprint density at radius 3 is 2.62 bits per heavy atom. The summed E-state index contributed by atoms with van der Waals surface area (Å²) in [6.07, 6.45) is 5.97. The van der Waals surface area contributed by atoms with Crippen LogP contribution in [-0.4, -0.2) is 42.7 Å². The number of H-pyrrole nitrogens is 1. The highest BCUT2D eigenvalue weighted by Gasteiger charge is 2.11. The molecule has 4 rings (SSSR count). The van der Waals surface area contributed by atoms with Gasteiger partial charge in [0.15, 0.2) is 5.69 Å². The molecule has 136 valence electrons. The van der Waals surface area contributed by atoms with Gasteiger partial charge in [-0.15, -0.1) is 10.2 Å². The molecule has 2 aromatic heterocycles. The zero-order valence-electron chi connectivity index (χ0n) is 14.1. The van der Waals surface area contributed by atoms with Crippen LogP contribution in [0.4, 0.5) is 0 Å². The summed E-state index contributed by atoms with van der Waals surface area (Å²) in [6, 6.07) is 9.78. The average Bonchev–Trinajstić information content (AvgIpc) is 3.43. The van der Waals surface area contributed by atoms with Crippen LogP contribution >= 0.6 is 11.3 Å². The lowest BCUT2D eigenvalue weighted by molar-refractivity contribution is 0.0945. The number of hydrogen-bond donors (Lipinski definition) is 3. The molecule has 0 unspecified atom stereocenters. The fourth-order valence-corrected chi connectivity index (χ4v) is 3.27. The van der Waals surface area contributed by atoms with E-state index in [4.69, 9.17) is 5.11 Å². The van der Waals surface area contributed by atoms with Crippen molar-refractivity contribution in [2.45, 2.75) is 38.3 Å². The van der Waals surface area contributed by atoms with Gasteiger partial charge < -0.3 is 10.4 Å². The van der Waals surface area contributed by atoms with Crippen molar-refractivity contribution >= 4 is 17.2 Å². The van der Waals surface area contributed by atoms with Gasteiger partial charge in [-0.3, -0.25) is 4.79 Å². The molecular formula is C17H20N6O2S. The van der Waals surface area contributed by atoms with Crippen LogP contribution in [0.25, 0.3) is 10.6 Å². The molecule has 1 aliphatic rings. The van der Waals surface area contributed by atoms with Gasteiger partial charge in [0.2, 0.25) is 0 Å². The van der Waals surface area contributed by atoms with Crippen molar-refractivity contribution in [3.63, 3.8) is 0 Å². The quantitative estimate of drug-likeness (QED) is 0.646. The number of amides is 1. The van der Waals surface area contributed by atoms with E-state index in [1.807, 2.05) is 30.3 Å². The van der Waals surface area contributed by atoms with Crippen molar-refractivity contribution in [3.8, 4) is 10.6 Å². The minimum Gasteiger partial charge on any atom is -0.393 e. The van der Waals surface area contributed by atoms with Gasteiger partial charge in [-0.05, 0) is 12.8 Å². The van der Waals surface area contributed by atoms with Crippen LogP contribution in [0.2, 0.25) is 0 Å². The molecule has 1 aromatic carbocycles.